The highest BCUT2D eigenvalue weighted by Crippen LogP contribution is 2.16. The molecule has 92 valence electrons. The van der Waals surface area contributed by atoms with Crippen LogP contribution in [0.25, 0.3) is 0 Å². The fourth-order valence-electron chi connectivity index (χ4n) is 1.85. The number of hydrogen-bond acceptors (Lipinski definition) is 2. The summed E-state index contributed by atoms with van der Waals surface area (Å²) in [6.45, 7) is 4.82. The van der Waals surface area contributed by atoms with Crippen LogP contribution in [0.2, 0.25) is 0 Å². The van der Waals surface area contributed by atoms with Crippen LogP contribution < -0.4 is 0 Å². The van der Waals surface area contributed by atoms with Crippen molar-refractivity contribution in [1.29, 1.82) is 5.26 Å². The maximum absolute atomic E-state index is 13.8. The summed E-state index contributed by atoms with van der Waals surface area (Å²) in [5.41, 5.74) is 0.716. The number of nitriles is 1. The third-order valence-electron chi connectivity index (χ3n) is 3.08. The highest BCUT2D eigenvalue weighted by molar-refractivity contribution is 5.34. The molecule has 17 heavy (non-hydrogen) atoms. The van der Waals surface area contributed by atoms with Crippen LogP contribution in [0.1, 0.15) is 37.8 Å². The van der Waals surface area contributed by atoms with E-state index in [9.17, 15) is 4.39 Å². The molecule has 2 nitrogen and oxygen atoms in total. The summed E-state index contributed by atoms with van der Waals surface area (Å²) >= 11 is 0. The van der Waals surface area contributed by atoms with Crippen LogP contribution in [0.4, 0.5) is 4.39 Å². The third-order valence-corrected chi connectivity index (χ3v) is 3.08. The molecule has 0 saturated carbocycles. The Morgan fingerprint density at radius 3 is 2.76 bits per heavy atom. The maximum Gasteiger partial charge on any atom is 0.145 e. The van der Waals surface area contributed by atoms with E-state index in [0.29, 0.717) is 18.2 Å². The molecule has 1 rings (SSSR count). The standard InChI is InChI=1S/C14H19FN2/c1-4-6-11(2)17(3)10-13-8-5-7-12(9-16)14(13)15/h5,7-8,11H,4,6,10H2,1-3H3. The molecule has 0 bridgehead atoms. The Morgan fingerprint density at radius 2 is 2.18 bits per heavy atom. The lowest BCUT2D eigenvalue weighted by molar-refractivity contribution is 0.234. The fourth-order valence-corrected chi connectivity index (χ4v) is 1.85. The Hall–Kier alpha value is -1.40. The van der Waals surface area contributed by atoms with E-state index in [2.05, 4.69) is 18.7 Å². The Bertz CT molecular complexity index is 409. The van der Waals surface area contributed by atoms with Crippen LogP contribution in [-0.2, 0) is 6.54 Å². The van der Waals surface area contributed by atoms with Gasteiger partial charge in [-0.05, 0) is 26.5 Å². The summed E-state index contributed by atoms with van der Waals surface area (Å²) in [5.74, 6) is -0.384. The molecule has 0 amide bonds. The number of hydrogen-bond donors (Lipinski definition) is 0. The molecule has 1 unspecified atom stereocenters. The van der Waals surface area contributed by atoms with E-state index in [1.165, 1.54) is 6.07 Å². The topological polar surface area (TPSA) is 27.0 Å². The molecule has 0 aliphatic heterocycles. The predicted molar refractivity (Wildman–Crippen MR) is 67.0 cm³/mol. The quantitative estimate of drug-likeness (QED) is 0.781. The van der Waals surface area contributed by atoms with Gasteiger partial charge in [0.15, 0.2) is 0 Å². The summed E-state index contributed by atoms with van der Waals surface area (Å²) in [4.78, 5) is 2.11. The number of halogens is 1. The third kappa shape index (κ3) is 3.54. The average molecular weight is 234 g/mol. The zero-order valence-corrected chi connectivity index (χ0v) is 10.7. The zero-order chi connectivity index (χ0) is 12.8. The van der Waals surface area contributed by atoms with Crippen molar-refractivity contribution in [3.05, 3.63) is 35.1 Å². The van der Waals surface area contributed by atoms with Crippen LogP contribution in [0.15, 0.2) is 18.2 Å². The van der Waals surface area contributed by atoms with Gasteiger partial charge in [0.2, 0.25) is 0 Å². The van der Waals surface area contributed by atoms with Gasteiger partial charge in [-0.1, -0.05) is 25.5 Å². The number of rotatable bonds is 5. The lowest BCUT2D eigenvalue weighted by Crippen LogP contribution is -2.28. The molecule has 1 atom stereocenters. The SMILES string of the molecule is CCCC(C)N(C)Cc1cccc(C#N)c1F. The molecule has 1 aromatic rings. The summed E-state index contributed by atoms with van der Waals surface area (Å²) < 4.78 is 13.8. The maximum atomic E-state index is 13.8. The predicted octanol–water partition coefficient (Wildman–Crippen LogP) is 3.32. The second kappa shape index (κ2) is 6.36. The minimum atomic E-state index is -0.384. The molecule has 0 fully saturated rings. The first-order valence-corrected chi connectivity index (χ1v) is 5.97. The molecule has 0 saturated heterocycles. The molecule has 1 aromatic carbocycles. The average Bonchev–Trinajstić information content (AvgIpc) is 2.32. The van der Waals surface area contributed by atoms with Crippen molar-refractivity contribution >= 4 is 0 Å². The first-order valence-electron chi connectivity index (χ1n) is 5.97. The van der Waals surface area contributed by atoms with Gasteiger partial charge in [0.05, 0.1) is 5.56 Å². The smallest absolute Gasteiger partial charge is 0.145 e. The van der Waals surface area contributed by atoms with Crippen LogP contribution in [-0.4, -0.2) is 18.0 Å². The largest absolute Gasteiger partial charge is 0.299 e. The van der Waals surface area contributed by atoms with Gasteiger partial charge in [-0.2, -0.15) is 5.26 Å². The lowest BCUT2D eigenvalue weighted by atomic mass is 10.1. The van der Waals surface area contributed by atoms with Crippen molar-refractivity contribution < 1.29 is 4.39 Å². The summed E-state index contributed by atoms with van der Waals surface area (Å²) in [7, 11) is 1.98. The van der Waals surface area contributed by atoms with Crippen LogP contribution in [0, 0.1) is 17.1 Å². The molecule has 0 N–H and O–H groups in total. The molecule has 3 heteroatoms. The lowest BCUT2D eigenvalue weighted by Gasteiger charge is -2.24. The Kier molecular flexibility index (Phi) is 5.11. The Balaban J connectivity index is 2.79. The van der Waals surface area contributed by atoms with Gasteiger partial charge in [-0.3, -0.25) is 4.90 Å². The second-order valence-corrected chi connectivity index (χ2v) is 4.44. The molecular weight excluding hydrogens is 215 g/mol. The van der Waals surface area contributed by atoms with Crippen molar-refractivity contribution in [2.24, 2.45) is 0 Å². The molecular formula is C14H19FN2. The molecule has 0 heterocycles. The van der Waals surface area contributed by atoms with E-state index in [1.54, 1.807) is 12.1 Å². The van der Waals surface area contributed by atoms with Crippen molar-refractivity contribution in [3.8, 4) is 6.07 Å². The van der Waals surface area contributed by atoms with Gasteiger partial charge in [-0.15, -0.1) is 0 Å². The van der Waals surface area contributed by atoms with Gasteiger partial charge in [-0.25, -0.2) is 4.39 Å². The first-order chi connectivity index (χ1) is 8.10. The Morgan fingerprint density at radius 1 is 1.47 bits per heavy atom. The summed E-state index contributed by atoms with van der Waals surface area (Å²) in [6, 6.07) is 7.27. The fraction of sp³-hybridized carbons (Fsp3) is 0.500. The number of benzene rings is 1. The van der Waals surface area contributed by atoms with Crippen molar-refractivity contribution in [1.82, 2.24) is 4.90 Å². The van der Waals surface area contributed by atoms with Crippen molar-refractivity contribution in [2.75, 3.05) is 7.05 Å². The summed E-state index contributed by atoms with van der Waals surface area (Å²) in [6.07, 6.45) is 2.21. The Labute approximate surface area is 103 Å². The number of nitrogens with zero attached hydrogens (tertiary/aromatic N) is 2. The van der Waals surface area contributed by atoms with E-state index in [-0.39, 0.29) is 11.4 Å². The van der Waals surface area contributed by atoms with Gasteiger partial charge < -0.3 is 0 Å². The van der Waals surface area contributed by atoms with Gasteiger partial charge in [0.1, 0.15) is 11.9 Å². The van der Waals surface area contributed by atoms with Crippen LogP contribution in [0.5, 0.6) is 0 Å². The highest BCUT2D eigenvalue weighted by atomic mass is 19.1. The van der Waals surface area contributed by atoms with Gasteiger partial charge in [0.25, 0.3) is 0 Å². The van der Waals surface area contributed by atoms with Crippen LogP contribution in [0.3, 0.4) is 0 Å². The molecule has 0 radical (unpaired) electrons. The van der Waals surface area contributed by atoms with E-state index < -0.39 is 0 Å². The molecule has 0 aromatic heterocycles. The van der Waals surface area contributed by atoms with E-state index >= 15 is 0 Å². The second-order valence-electron chi connectivity index (χ2n) is 4.44. The molecule has 0 spiro atoms. The summed E-state index contributed by atoms with van der Waals surface area (Å²) in [5, 5.41) is 8.77. The minimum absolute atomic E-state index is 0.124. The van der Waals surface area contributed by atoms with Crippen molar-refractivity contribution in [3.63, 3.8) is 0 Å². The van der Waals surface area contributed by atoms with Crippen LogP contribution >= 0.6 is 0 Å². The van der Waals surface area contributed by atoms with Crippen molar-refractivity contribution in [2.45, 2.75) is 39.3 Å². The van der Waals surface area contributed by atoms with E-state index in [4.69, 9.17) is 5.26 Å². The van der Waals surface area contributed by atoms with Gasteiger partial charge in [0, 0.05) is 18.2 Å². The first kappa shape index (κ1) is 13.7. The minimum Gasteiger partial charge on any atom is -0.299 e. The zero-order valence-electron chi connectivity index (χ0n) is 10.7. The highest BCUT2D eigenvalue weighted by Gasteiger charge is 2.13. The molecule has 0 aliphatic rings. The molecule has 0 aliphatic carbocycles. The van der Waals surface area contributed by atoms with Gasteiger partial charge >= 0.3 is 0 Å². The van der Waals surface area contributed by atoms with E-state index in [0.717, 1.165) is 12.8 Å². The monoisotopic (exact) mass is 234 g/mol. The normalized spacial score (nSPS) is 12.5. The van der Waals surface area contributed by atoms with E-state index in [1.807, 2.05) is 13.1 Å².